The van der Waals surface area contributed by atoms with Crippen molar-refractivity contribution in [1.29, 1.82) is 0 Å². The van der Waals surface area contributed by atoms with Gasteiger partial charge in [-0.1, -0.05) is 6.07 Å². The number of benzene rings is 2. The van der Waals surface area contributed by atoms with Gasteiger partial charge in [-0.05, 0) is 69.3 Å². The summed E-state index contributed by atoms with van der Waals surface area (Å²) in [7, 11) is 1.65. The molecule has 2 aromatic carbocycles. The zero-order valence-corrected chi connectivity index (χ0v) is 19.3. The second-order valence-corrected chi connectivity index (χ2v) is 7.63. The molecule has 1 saturated heterocycles. The summed E-state index contributed by atoms with van der Waals surface area (Å²) in [6.07, 6.45) is 4.41. The molecule has 0 atom stereocenters. The second-order valence-electron chi connectivity index (χ2n) is 7.63. The lowest BCUT2D eigenvalue weighted by molar-refractivity contribution is 0.238. The summed E-state index contributed by atoms with van der Waals surface area (Å²) in [6, 6.07) is 15.6. The van der Waals surface area contributed by atoms with Gasteiger partial charge >= 0.3 is 0 Å². The van der Waals surface area contributed by atoms with Crippen molar-refractivity contribution in [3.8, 4) is 11.5 Å². The second kappa shape index (κ2) is 11.5. The standard InChI is InChI=1S/C24H29N5O2.ClH/c1-18-17-25-24(28-23(18)26-20-6-5-7-22(16-20)30-2)27-19-8-10-21(11-9-19)31-15-14-29-12-3-4-13-29;/h5-11,16-17H,3-4,12-15H2,1-2H3,(H2,25,26,27,28);1H. The molecule has 0 saturated carbocycles. The summed E-state index contributed by atoms with van der Waals surface area (Å²) in [5.41, 5.74) is 2.76. The molecule has 2 heterocycles. The lowest BCUT2D eigenvalue weighted by Crippen LogP contribution is -2.25. The van der Waals surface area contributed by atoms with Crippen molar-refractivity contribution in [1.82, 2.24) is 14.9 Å². The fourth-order valence-corrected chi connectivity index (χ4v) is 3.53. The molecular formula is C24H30ClN5O2. The molecule has 32 heavy (non-hydrogen) atoms. The van der Waals surface area contributed by atoms with E-state index in [0.29, 0.717) is 12.6 Å². The van der Waals surface area contributed by atoms with Gasteiger partial charge in [0.15, 0.2) is 0 Å². The van der Waals surface area contributed by atoms with E-state index >= 15 is 0 Å². The molecule has 0 amide bonds. The Balaban J connectivity index is 0.00000289. The van der Waals surface area contributed by atoms with E-state index in [0.717, 1.165) is 40.8 Å². The first kappa shape index (κ1) is 23.6. The third kappa shape index (κ3) is 6.48. The van der Waals surface area contributed by atoms with Crippen LogP contribution in [0.1, 0.15) is 18.4 Å². The van der Waals surface area contributed by atoms with Gasteiger partial charge in [0.1, 0.15) is 23.9 Å². The predicted octanol–water partition coefficient (Wildman–Crippen LogP) is 5.18. The third-order valence-electron chi connectivity index (χ3n) is 5.29. The molecule has 4 rings (SSSR count). The van der Waals surface area contributed by atoms with E-state index in [1.807, 2.05) is 55.5 Å². The maximum Gasteiger partial charge on any atom is 0.229 e. The largest absolute Gasteiger partial charge is 0.497 e. The van der Waals surface area contributed by atoms with Crippen molar-refractivity contribution in [3.63, 3.8) is 0 Å². The van der Waals surface area contributed by atoms with Crippen molar-refractivity contribution in [2.24, 2.45) is 0 Å². The third-order valence-corrected chi connectivity index (χ3v) is 5.29. The molecule has 170 valence electrons. The van der Waals surface area contributed by atoms with E-state index in [4.69, 9.17) is 9.47 Å². The van der Waals surface area contributed by atoms with Gasteiger partial charge in [0.25, 0.3) is 0 Å². The van der Waals surface area contributed by atoms with E-state index in [9.17, 15) is 0 Å². The topological polar surface area (TPSA) is 71.5 Å². The van der Waals surface area contributed by atoms with Crippen LogP contribution in [0.3, 0.4) is 0 Å². The molecule has 8 heteroatoms. The molecule has 3 aromatic rings. The SMILES string of the molecule is COc1cccc(Nc2nc(Nc3ccc(OCCN4CCCC4)cc3)ncc2C)c1.Cl. The highest BCUT2D eigenvalue weighted by Crippen LogP contribution is 2.24. The fourth-order valence-electron chi connectivity index (χ4n) is 3.53. The summed E-state index contributed by atoms with van der Waals surface area (Å²) < 4.78 is 11.2. The Morgan fingerprint density at radius 2 is 1.75 bits per heavy atom. The number of nitrogens with zero attached hydrogens (tertiary/aromatic N) is 3. The van der Waals surface area contributed by atoms with E-state index in [1.165, 1.54) is 25.9 Å². The highest BCUT2D eigenvalue weighted by atomic mass is 35.5. The first-order valence-corrected chi connectivity index (χ1v) is 10.7. The molecule has 0 bridgehead atoms. The number of anilines is 4. The van der Waals surface area contributed by atoms with E-state index in [-0.39, 0.29) is 12.4 Å². The zero-order valence-electron chi connectivity index (χ0n) is 18.5. The number of aryl methyl sites for hydroxylation is 1. The number of halogens is 1. The first-order chi connectivity index (χ1) is 15.2. The van der Waals surface area contributed by atoms with Gasteiger partial charge < -0.3 is 20.1 Å². The van der Waals surface area contributed by atoms with Crippen molar-refractivity contribution in [2.45, 2.75) is 19.8 Å². The van der Waals surface area contributed by atoms with Crippen LogP contribution >= 0.6 is 12.4 Å². The lowest BCUT2D eigenvalue weighted by atomic mass is 10.2. The number of rotatable bonds is 9. The molecule has 1 fully saturated rings. The molecule has 0 unspecified atom stereocenters. The van der Waals surface area contributed by atoms with Crippen LogP contribution < -0.4 is 20.1 Å². The first-order valence-electron chi connectivity index (χ1n) is 10.7. The summed E-state index contributed by atoms with van der Waals surface area (Å²) >= 11 is 0. The van der Waals surface area contributed by atoms with Crippen LogP contribution in [0.15, 0.2) is 54.7 Å². The van der Waals surface area contributed by atoms with Gasteiger partial charge in [0.2, 0.25) is 5.95 Å². The summed E-state index contributed by atoms with van der Waals surface area (Å²) in [4.78, 5) is 11.5. The Kier molecular flexibility index (Phi) is 8.53. The van der Waals surface area contributed by atoms with Gasteiger partial charge in [-0.15, -0.1) is 12.4 Å². The number of hydrogen-bond acceptors (Lipinski definition) is 7. The minimum Gasteiger partial charge on any atom is -0.497 e. The van der Waals surface area contributed by atoms with Gasteiger partial charge in [-0.3, -0.25) is 4.90 Å². The highest BCUT2D eigenvalue weighted by molar-refractivity contribution is 5.85. The molecule has 1 aliphatic heterocycles. The van der Waals surface area contributed by atoms with Crippen molar-refractivity contribution < 1.29 is 9.47 Å². The molecule has 0 aliphatic carbocycles. The minimum atomic E-state index is 0. The van der Waals surface area contributed by atoms with E-state index in [1.54, 1.807) is 13.3 Å². The number of likely N-dealkylation sites (tertiary alicyclic amines) is 1. The van der Waals surface area contributed by atoms with Crippen LogP contribution in [0.4, 0.5) is 23.1 Å². The molecule has 7 nitrogen and oxygen atoms in total. The van der Waals surface area contributed by atoms with Crippen molar-refractivity contribution in [3.05, 3.63) is 60.3 Å². The Labute approximate surface area is 195 Å². The number of aromatic nitrogens is 2. The van der Waals surface area contributed by atoms with Crippen LogP contribution in [0.5, 0.6) is 11.5 Å². The maximum absolute atomic E-state index is 5.87. The number of ether oxygens (including phenoxy) is 2. The van der Waals surface area contributed by atoms with E-state index < -0.39 is 0 Å². The summed E-state index contributed by atoms with van der Waals surface area (Å²) in [6.45, 7) is 6.06. The van der Waals surface area contributed by atoms with Crippen LogP contribution in [0.25, 0.3) is 0 Å². The number of nitrogens with one attached hydrogen (secondary N) is 2. The monoisotopic (exact) mass is 455 g/mol. The van der Waals surface area contributed by atoms with E-state index in [2.05, 4.69) is 25.5 Å². The van der Waals surface area contributed by atoms with Gasteiger partial charge in [-0.2, -0.15) is 4.98 Å². The normalized spacial score (nSPS) is 13.3. The minimum absolute atomic E-state index is 0. The molecule has 1 aliphatic rings. The van der Waals surface area contributed by atoms with Crippen LogP contribution in [-0.4, -0.2) is 48.2 Å². The Morgan fingerprint density at radius 3 is 2.50 bits per heavy atom. The molecule has 0 spiro atoms. The van der Waals surface area contributed by atoms with Crippen LogP contribution in [0, 0.1) is 6.92 Å². The number of methoxy groups -OCH3 is 1. The van der Waals surface area contributed by atoms with Crippen molar-refractivity contribution in [2.75, 3.05) is 44.0 Å². The molecule has 1 aromatic heterocycles. The zero-order chi connectivity index (χ0) is 21.5. The highest BCUT2D eigenvalue weighted by Gasteiger charge is 2.11. The Morgan fingerprint density at radius 1 is 0.969 bits per heavy atom. The molecule has 2 N–H and O–H groups in total. The summed E-state index contributed by atoms with van der Waals surface area (Å²) in [5.74, 6) is 2.93. The lowest BCUT2D eigenvalue weighted by Gasteiger charge is -2.15. The fraction of sp³-hybridized carbons (Fsp3) is 0.333. The van der Waals surface area contributed by atoms with Gasteiger partial charge in [0.05, 0.1) is 7.11 Å². The molecular weight excluding hydrogens is 426 g/mol. The average Bonchev–Trinajstić information content (AvgIpc) is 3.31. The quantitative estimate of drug-likeness (QED) is 0.460. The van der Waals surface area contributed by atoms with Gasteiger partial charge in [0, 0.05) is 35.7 Å². The Bertz CT molecular complexity index is 994. The smallest absolute Gasteiger partial charge is 0.229 e. The summed E-state index contributed by atoms with van der Waals surface area (Å²) in [5, 5.41) is 6.59. The number of hydrogen-bond donors (Lipinski definition) is 2. The Hall–Kier alpha value is -3.03. The average molecular weight is 456 g/mol. The van der Waals surface area contributed by atoms with Gasteiger partial charge in [-0.25, -0.2) is 4.98 Å². The maximum atomic E-state index is 5.87. The molecule has 0 radical (unpaired) electrons. The van der Waals surface area contributed by atoms with Crippen LogP contribution in [0.2, 0.25) is 0 Å². The van der Waals surface area contributed by atoms with Crippen LogP contribution in [-0.2, 0) is 0 Å². The predicted molar refractivity (Wildman–Crippen MR) is 131 cm³/mol. The van der Waals surface area contributed by atoms with Crippen molar-refractivity contribution >= 4 is 35.5 Å².